The lowest BCUT2D eigenvalue weighted by Gasteiger charge is -1.97. The Bertz CT molecular complexity index is 722. The molecule has 0 aliphatic rings. The predicted octanol–water partition coefficient (Wildman–Crippen LogP) is 2.13. The van der Waals surface area contributed by atoms with Crippen LogP contribution in [0.1, 0.15) is 5.69 Å². The van der Waals surface area contributed by atoms with Crippen LogP contribution in [-0.4, -0.2) is 25.2 Å². The van der Waals surface area contributed by atoms with Gasteiger partial charge in [-0.2, -0.15) is 15.0 Å². The summed E-state index contributed by atoms with van der Waals surface area (Å²) < 4.78 is 5.51. The lowest BCUT2D eigenvalue weighted by molar-refractivity contribution is 0.579. The molecule has 0 amide bonds. The van der Waals surface area contributed by atoms with E-state index in [1.165, 1.54) is 4.80 Å². The molecule has 0 saturated carbocycles. The first-order chi connectivity index (χ1) is 9.70. The van der Waals surface area contributed by atoms with Crippen LogP contribution < -0.4 is 5.32 Å². The Balaban J connectivity index is 1.70. The molecule has 0 radical (unpaired) electrons. The third kappa shape index (κ3) is 2.77. The van der Waals surface area contributed by atoms with E-state index in [-0.39, 0.29) is 0 Å². The monoisotopic (exact) mass is 290 g/mol. The summed E-state index contributed by atoms with van der Waals surface area (Å²) in [6.45, 7) is 0.463. The minimum Gasteiger partial charge on any atom is -0.403 e. The topological polar surface area (TPSA) is 81.7 Å². The van der Waals surface area contributed by atoms with Crippen molar-refractivity contribution in [1.29, 1.82) is 0 Å². The normalized spacial score (nSPS) is 10.7. The first-order valence-electron chi connectivity index (χ1n) is 5.89. The molecule has 0 aliphatic heterocycles. The highest BCUT2D eigenvalue weighted by Crippen LogP contribution is 2.22. The van der Waals surface area contributed by atoms with Gasteiger partial charge in [0.15, 0.2) is 0 Å². The Morgan fingerprint density at radius 3 is 3.00 bits per heavy atom. The van der Waals surface area contributed by atoms with E-state index in [0.717, 1.165) is 11.3 Å². The number of rotatable bonds is 4. The van der Waals surface area contributed by atoms with Gasteiger partial charge in [0, 0.05) is 17.6 Å². The molecule has 2 heterocycles. The number of hydrogen-bond donors (Lipinski definition) is 1. The zero-order chi connectivity index (χ0) is 13.9. The van der Waals surface area contributed by atoms with Crippen LogP contribution in [-0.2, 0) is 13.6 Å². The van der Waals surface area contributed by atoms with Gasteiger partial charge in [-0.1, -0.05) is 22.8 Å². The predicted molar refractivity (Wildman–Crippen MR) is 73.1 cm³/mol. The van der Waals surface area contributed by atoms with Gasteiger partial charge in [0.2, 0.25) is 5.89 Å². The maximum Gasteiger partial charge on any atom is 0.316 e. The number of nitrogens with zero attached hydrogens (tertiary/aromatic N) is 5. The minimum atomic E-state index is 0.325. The van der Waals surface area contributed by atoms with Crippen LogP contribution in [0.25, 0.3) is 11.5 Å². The van der Waals surface area contributed by atoms with E-state index in [0.29, 0.717) is 23.5 Å². The molecule has 0 spiro atoms. The van der Waals surface area contributed by atoms with Gasteiger partial charge in [-0.25, -0.2) is 0 Å². The second-order valence-corrected chi connectivity index (χ2v) is 4.54. The van der Waals surface area contributed by atoms with Crippen molar-refractivity contribution in [2.24, 2.45) is 7.05 Å². The lowest BCUT2D eigenvalue weighted by Crippen LogP contribution is -2.01. The Morgan fingerprint density at radius 1 is 1.35 bits per heavy atom. The van der Waals surface area contributed by atoms with Gasteiger partial charge in [0.25, 0.3) is 0 Å². The van der Waals surface area contributed by atoms with Gasteiger partial charge in [-0.15, -0.1) is 5.10 Å². The molecule has 0 fully saturated rings. The van der Waals surface area contributed by atoms with Crippen molar-refractivity contribution in [2.45, 2.75) is 6.54 Å². The third-order valence-electron chi connectivity index (χ3n) is 2.56. The van der Waals surface area contributed by atoms with E-state index in [9.17, 15) is 0 Å². The summed E-state index contributed by atoms with van der Waals surface area (Å²) in [6.07, 6.45) is 1.67. The zero-order valence-corrected chi connectivity index (χ0v) is 11.4. The standard InChI is InChI=1S/C12H11ClN6O/c1-19-15-7-10(18-19)6-14-12-17-16-11(20-12)8-3-2-4-9(13)5-8/h2-5,7H,6H2,1H3,(H,14,17). The van der Waals surface area contributed by atoms with E-state index >= 15 is 0 Å². The maximum absolute atomic E-state index is 5.92. The van der Waals surface area contributed by atoms with Gasteiger partial charge < -0.3 is 9.73 Å². The van der Waals surface area contributed by atoms with Gasteiger partial charge in [-0.05, 0) is 18.2 Å². The zero-order valence-electron chi connectivity index (χ0n) is 10.6. The van der Waals surface area contributed by atoms with Crippen molar-refractivity contribution < 1.29 is 4.42 Å². The Morgan fingerprint density at radius 2 is 2.25 bits per heavy atom. The summed E-state index contributed by atoms with van der Waals surface area (Å²) in [5, 5.41) is 19.6. The highest BCUT2D eigenvalue weighted by Gasteiger charge is 2.09. The molecule has 2 aromatic heterocycles. The Hall–Kier alpha value is -2.41. The summed E-state index contributed by atoms with van der Waals surface area (Å²) in [5.41, 5.74) is 1.56. The molecule has 7 nitrogen and oxygen atoms in total. The van der Waals surface area contributed by atoms with E-state index < -0.39 is 0 Å². The van der Waals surface area contributed by atoms with E-state index in [2.05, 4.69) is 25.7 Å². The van der Waals surface area contributed by atoms with Crippen molar-refractivity contribution in [3.8, 4) is 11.5 Å². The average molecular weight is 291 g/mol. The van der Waals surface area contributed by atoms with Crippen molar-refractivity contribution >= 4 is 17.6 Å². The number of anilines is 1. The summed E-state index contributed by atoms with van der Waals surface area (Å²) in [7, 11) is 1.76. The van der Waals surface area contributed by atoms with Crippen molar-refractivity contribution in [2.75, 3.05) is 5.32 Å². The largest absolute Gasteiger partial charge is 0.403 e. The van der Waals surface area contributed by atoms with Gasteiger partial charge in [0.1, 0.15) is 5.69 Å². The van der Waals surface area contributed by atoms with Crippen LogP contribution in [0, 0.1) is 0 Å². The molecule has 0 atom stereocenters. The average Bonchev–Trinajstić information content (AvgIpc) is 3.05. The fraction of sp³-hybridized carbons (Fsp3) is 0.167. The SMILES string of the molecule is Cn1ncc(CNc2nnc(-c3cccc(Cl)c3)o2)n1. The second kappa shape index (κ2) is 5.30. The molecule has 8 heteroatoms. The molecule has 102 valence electrons. The summed E-state index contributed by atoms with van der Waals surface area (Å²) in [4.78, 5) is 1.49. The fourth-order valence-corrected chi connectivity index (χ4v) is 1.86. The van der Waals surface area contributed by atoms with E-state index in [1.807, 2.05) is 12.1 Å². The molecule has 0 bridgehead atoms. The minimum absolute atomic E-state index is 0.325. The van der Waals surface area contributed by atoms with Crippen LogP contribution in [0.4, 0.5) is 6.01 Å². The Kier molecular flexibility index (Phi) is 3.34. The first kappa shape index (κ1) is 12.6. The highest BCUT2D eigenvalue weighted by molar-refractivity contribution is 6.30. The van der Waals surface area contributed by atoms with E-state index in [4.69, 9.17) is 16.0 Å². The molecule has 0 saturated heterocycles. The Labute approximate surface area is 119 Å². The summed E-state index contributed by atoms with van der Waals surface area (Å²) in [6, 6.07) is 7.56. The maximum atomic E-state index is 5.92. The molecule has 0 unspecified atom stereocenters. The highest BCUT2D eigenvalue weighted by atomic mass is 35.5. The molecular formula is C12H11ClN6O. The first-order valence-corrected chi connectivity index (χ1v) is 6.27. The van der Waals surface area contributed by atoms with Gasteiger partial charge in [0.05, 0.1) is 12.7 Å². The molecule has 1 aromatic carbocycles. The smallest absolute Gasteiger partial charge is 0.316 e. The summed E-state index contributed by atoms with van der Waals surface area (Å²) >= 11 is 5.92. The number of halogens is 1. The molecule has 3 rings (SSSR count). The molecule has 1 N–H and O–H groups in total. The number of hydrogen-bond acceptors (Lipinski definition) is 6. The van der Waals surface area contributed by atoms with Crippen molar-refractivity contribution in [3.63, 3.8) is 0 Å². The second-order valence-electron chi connectivity index (χ2n) is 4.10. The van der Waals surface area contributed by atoms with Crippen molar-refractivity contribution in [1.82, 2.24) is 25.2 Å². The van der Waals surface area contributed by atoms with Crippen LogP contribution in [0.15, 0.2) is 34.9 Å². The van der Waals surface area contributed by atoms with Crippen LogP contribution >= 0.6 is 11.6 Å². The fourth-order valence-electron chi connectivity index (χ4n) is 1.67. The van der Waals surface area contributed by atoms with Crippen LogP contribution in [0.5, 0.6) is 0 Å². The molecular weight excluding hydrogens is 280 g/mol. The summed E-state index contributed by atoms with van der Waals surface area (Å²) in [5.74, 6) is 0.411. The van der Waals surface area contributed by atoms with Crippen LogP contribution in [0.2, 0.25) is 5.02 Å². The number of aryl methyl sites for hydroxylation is 1. The van der Waals surface area contributed by atoms with Crippen molar-refractivity contribution in [3.05, 3.63) is 41.2 Å². The lowest BCUT2D eigenvalue weighted by atomic mass is 10.2. The quantitative estimate of drug-likeness (QED) is 0.792. The van der Waals surface area contributed by atoms with E-state index in [1.54, 1.807) is 25.4 Å². The number of nitrogens with one attached hydrogen (secondary N) is 1. The number of aromatic nitrogens is 5. The third-order valence-corrected chi connectivity index (χ3v) is 2.80. The van der Waals surface area contributed by atoms with Gasteiger partial charge >= 0.3 is 6.01 Å². The molecule has 3 aromatic rings. The molecule has 0 aliphatic carbocycles. The van der Waals surface area contributed by atoms with Gasteiger partial charge in [-0.3, -0.25) is 0 Å². The molecule has 20 heavy (non-hydrogen) atoms. The van der Waals surface area contributed by atoms with Crippen LogP contribution in [0.3, 0.4) is 0 Å². The number of benzene rings is 1.